The van der Waals surface area contributed by atoms with E-state index in [0.29, 0.717) is 5.56 Å². The van der Waals surface area contributed by atoms with E-state index < -0.39 is 11.8 Å². The minimum absolute atomic E-state index is 0.0977. The molecule has 1 amide bonds. The Kier molecular flexibility index (Phi) is 4.83. The zero-order valence-electron chi connectivity index (χ0n) is 10.6. The highest BCUT2D eigenvalue weighted by atomic mass is 19.1. The molecule has 5 heteroatoms. The van der Waals surface area contributed by atoms with Gasteiger partial charge in [-0.05, 0) is 17.7 Å². The van der Waals surface area contributed by atoms with E-state index in [0.717, 1.165) is 0 Å². The molecule has 0 atom stereocenters. The van der Waals surface area contributed by atoms with Gasteiger partial charge in [-0.3, -0.25) is 9.59 Å². The monoisotopic (exact) mass is 253 g/mol. The fourth-order valence-electron chi connectivity index (χ4n) is 1.29. The number of esters is 1. The number of carbonyl (C=O) groups is 2. The van der Waals surface area contributed by atoms with E-state index in [9.17, 15) is 14.0 Å². The number of hydrogen-bond acceptors (Lipinski definition) is 3. The molecule has 4 nitrogen and oxygen atoms in total. The van der Waals surface area contributed by atoms with Crippen molar-refractivity contribution in [2.24, 2.45) is 5.92 Å². The lowest BCUT2D eigenvalue weighted by Crippen LogP contribution is -2.27. The van der Waals surface area contributed by atoms with Crippen LogP contribution in [0.5, 0.6) is 5.75 Å². The summed E-state index contributed by atoms with van der Waals surface area (Å²) < 4.78 is 18.2. The third kappa shape index (κ3) is 4.16. The highest BCUT2D eigenvalue weighted by molar-refractivity contribution is 5.77. The summed E-state index contributed by atoms with van der Waals surface area (Å²) in [6.45, 7) is 5.00. The Hall–Kier alpha value is -1.91. The maximum absolute atomic E-state index is 13.5. The first-order valence-corrected chi connectivity index (χ1v) is 5.64. The van der Waals surface area contributed by atoms with Gasteiger partial charge in [-0.1, -0.05) is 19.9 Å². The smallest absolute Gasteiger partial charge is 0.308 e. The third-order valence-electron chi connectivity index (χ3n) is 2.24. The van der Waals surface area contributed by atoms with E-state index in [-0.39, 0.29) is 24.1 Å². The average Bonchev–Trinajstić information content (AvgIpc) is 2.28. The van der Waals surface area contributed by atoms with Gasteiger partial charge in [-0.2, -0.15) is 0 Å². The van der Waals surface area contributed by atoms with Gasteiger partial charge >= 0.3 is 5.97 Å². The molecule has 0 aliphatic rings. The number of amides is 1. The van der Waals surface area contributed by atoms with Crippen molar-refractivity contribution in [2.75, 3.05) is 0 Å². The first kappa shape index (κ1) is 14.2. The molecule has 18 heavy (non-hydrogen) atoms. The number of halogens is 1. The van der Waals surface area contributed by atoms with Crippen molar-refractivity contribution < 1.29 is 18.7 Å². The van der Waals surface area contributed by atoms with Crippen LogP contribution in [0.4, 0.5) is 4.39 Å². The number of hydrogen-bond donors (Lipinski definition) is 1. The van der Waals surface area contributed by atoms with Gasteiger partial charge in [-0.15, -0.1) is 0 Å². The SMILES string of the molecule is CC(=O)Oc1ccc(CNC(=O)C(C)C)cc1F. The van der Waals surface area contributed by atoms with Crippen LogP contribution in [0.1, 0.15) is 26.3 Å². The molecule has 0 aliphatic heterocycles. The van der Waals surface area contributed by atoms with Gasteiger partial charge < -0.3 is 10.1 Å². The van der Waals surface area contributed by atoms with Crippen molar-refractivity contribution >= 4 is 11.9 Å². The van der Waals surface area contributed by atoms with Crippen LogP contribution in [0.25, 0.3) is 0 Å². The number of benzene rings is 1. The van der Waals surface area contributed by atoms with Crippen LogP contribution in [0.15, 0.2) is 18.2 Å². The molecule has 1 aromatic rings. The fraction of sp³-hybridized carbons (Fsp3) is 0.385. The second kappa shape index (κ2) is 6.14. The lowest BCUT2D eigenvalue weighted by molar-refractivity contribution is -0.132. The summed E-state index contributed by atoms with van der Waals surface area (Å²) in [5.74, 6) is -1.52. The maximum atomic E-state index is 13.5. The number of rotatable bonds is 4. The second-order valence-corrected chi connectivity index (χ2v) is 4.23. The van der Waals surface area contributed by atoms with Gasteiger partial charge in [0, 0.05) is 19.4 Å². The summed E-state index contributed by atoms with van der Waals surface area (Å²) >= 11 is 0. The minimum Gasteiger partial charge on any atom is -0.424 e. The molecular formula is C13H16FNO3. The van der Waals surface area contributed by atoms with Crippen LogP contribution in [0.3, 0.4) is 0 Å². The predicted molar refractivity (Wildman–Crippen MR) is 64.4 cm³/mol. The summed E-state index contributed by atoms with van der Waals surface area (Å²) in [6, 6.07) is 4.20. The quantitative estimate of drug-likeness (QED) is 0.659. The normalized spacial score (nSPS) is 10.3. The van der Waals surface area contributed by atoms with Crippen LogP contribution in [0.2, 0.25) is 0 Å². The number of ether oxygens (including phenoxy) is 1. The molecule has 98 valence electrons. The van der Waals surface area contributed by atoms with Crippen molar-refractivity contribution in [1.29, 1.82) is 0 Å². The molecular weight excluding hydrogens is 237 g/mol. The topological polar surface area (TPSA) is 55.4 Å². The molecule has 0 fully saturated rings. The average molecular weight is 253 g/mol. The Morgan fingerprint density at radius 1 is 1.39 bits per heavy atom. The summed E-state index contributed by atoms with van der Waals surface area (Å²) in [6.07, 6.45) is 0. The summed E-state index contributed by atoms with van der Waals surface area (Å²) in [5, 5.41) is 2.67. The van der Waals surface area contributed by atoms with Gasteiger partial charge in [0.25, 0.3) is 0 Å². The molecule has 0 aromatic heterocycles. The van der Waals surface area contributed by atoms with E-state index in [1.165, 1.54) is 19.1 Å². The Morgan fingerprint density at radius 2 is 2.06 bits per heavy atom. The molecule has 0 saturated heterocycles. The highest BCUT2D eigenvalue weighted by Gasteiger charge is 2.09. The molecule has 1 rings (SSSR count). The summed E-state index contributed by atoms with van der Waals surface area (Å²) in [5.41, 5.74) is 0.609. The predicted octanol–water partition coefficient (Wildman–Crippen LogP) is 2.02. The molecule has 0 heterocycles. The zero-order chi connectivity index (χ0) is 13.7. The van der Waals surface area contributed by atoms with Gasteiger partial charge in [0.1, 0.15) is 0 Å². The Balaban J connectivity index is 2.67. The fourth-order valence-corrected chi connectivity index (χ4v) is 1.29. The van der Waals surface area contributed by atoms with E-state index in [1.807, 2.05) is 0 Å². The summed E-state index contributed by atoms with van der Waals surface area (Å²) in [4.78, 5) is 22.0. The molecule has 0 spiro atoms. The van der Waals surface area contributed by atoms with Crippen molar-refractivity contribution in [3.8, 4) is 5.75 Å². The van der Waals surface area contributed by atoms with Gasteiger partial charge in [0.05, 0.1) is 0 Å². The van der Waals surface area contributed by atoms with Crippen molar-refractivity contribution in [1.82, 2.24) is 5.32 Å². The van der Waals surface area contributed by atoms with E-state index >= 15 is 0 Å². The zero-order valence-corrected chi connectivity index (χ0v) is 10.6. The Labute approximate surface area is 105 Å². The van der Waals surface area contributed by atoms with Crippen LogP contribution < -0.4 is 10.1 Å². The summed E-state index contributed by atoms with van der Waals surface area (Å²) in [7, 11) is 0. The van der Waals surface area contributed by atoms with Gasteiger partial charge in [-0.25, -0.2) is 4.39 Å². The molecule has 0 unspecified atom stereocenters. The molecule has 0 bridgehead atoms. The van der Waals surface area contributed by atoms with Crippen molar-refractivity contribution in [3.63, 3.8) is 0 Å². The first-order valence-electron chi connectivity index (χ1n) is 5.64. The van der Waals surface area contributed by atoms with Crippen LogP contribution in [-0.4, -0.2) is 11.9 Å². The van der Waals surface area contributed by atoms with Crippen molar-refractivity contribution in [3.05, 3.63) is 29.6 Å². The lowest BCUT2D eigenvalue weighted by atomic mass is 10.1. The van der Waals surface area contributed by atoms with Crippen LogP contribution in [0, 0.1) is 11.7 Å². The Morgan fingerprint density at radius 3 is 2.56 bits per heavy atom. The number of carbonyl (C=O) groups excluding carboxylic acids is 2. The maximum Gasteiger partial charge on any atom is 0.308 e. The first-order chi connectivity index (χ1) is 8.40. The second-order valence-electron chi connectivity index (χ2n) is 4.23. The van der Waals surface area contributed by atoms with Gasteiger partial charge in [0.2, 0.25) is 5.91 Å². The van der Waals surface area contributed by atoms with Crippen LogP contribution >= 0.6 is 0 Å². The van der Waals surface area contributed by atoms with Gasteiger partial charge in [0.15, 0.2) is 11.6 Å². The lowest BCUT2D eigenvalue weighted by Gasteiger charge is -2.09. The molecule has 0 aliphatic carbocycles. The highest BCUT2D eigenvalue weighted by Crippen LogP contribution is 2.18. The van der Waals surface area contributed by atoms with Crippen molar-refractivity contribution in [2.45, 2.75) is 27.3 Å². The molecule has 0 radical (unpaired) electrons. The molecule has 1 N–H and O–H groups in total. The van der Waals surface area contributed by atoms with E-state index in [1.54, 1.807) is 19.9 Å². The standard InChI is InChI=1S/C13H16FNO3/c1-8(2)13(17)15-7-10-4-5-12(11(14)6-10)18-9(3)16/h4-6,8H,7H2,1-3H3,(H,15,17). The van der Waals surface area contributed by atoms with E-state index in [2.05, 4.69) is 10.1 Å². The third-order valence-corrected chi connectivity index (χ3v) is 2.24. The van der Waals surface area contributed by atoms with E-state index in [4.69, 9.17) is 0 Å². The molecule has 1 aromatic carbocycles. The molecule has 0 saturated carbocycles. The van der Waals surface area contributed by atoms with Crippen LogP contribution in [-0.2, 0) is 16.1 Å². The largest absolute Gasteiger partial charge is 0.424 e. The number of nitrogens with one attached hydrogen (secondary N) is 1. The minimum atomic E-state index is -0.624. The Bertz CT molecular complexity index is 458.